The predicted molar refractivity (Wildman–Crippen MR) is 87.1 cm³/mol. The number of hydrogen-bond donors (Lipinski definition) is 1. The smallest absolute Gasteiger partial charge is 0.0237 e. The molecule has 1 heterocycles. The number of unbranched alkanes of at least 4 members (excludes halogenated alkanes) is 1. The molecule has 1 aliphatic heterocycles. The van der Waals surface area contributed by atoms with Gasteiger partial charge in [-0.2, -0.15) is 0 Å². The summed E-state index contributed by atoms with van der Waals surface area (Å²) in [5.74, 6) is 0. The molecule has 0 aliphatic carbocycles. The third kappa shape index (κ3) is 4.60. The van der Waals surface area contributed by atoms with E-state index >= 15 is 0 Å². The molecule has 0 amide bonds. The highest BCUT2D eigenvalue weighted by Crippen LogP contribution is 2.15. The van der Waals surface area contributed by atoms with Crippen LogP contribution in [0.4, 0.5) is 0 Å². The van der Waals surface area contributed by atoms with Crippen molar-refractivity contribution >= 4 is 0 Å². The van der Waals surface area contributed by atoms with Gasteiger partial charge in [-0.1, -0.05) is 37.1 Å². The van der Waals surface area contributed by atoms with Crippen LogP contribution in [0.2, 0.25) is 0 Å². The van der Waals surface area contributed by atoms with Crippen LogP contribution in [0.3, 0.4) is 0 Å². The molecule has 0 aromatic heterocycles. The second-order valence-corrected chi connectivity index (χ2v) is 6.31. The summed E-state index contributed by atoms with van der Waals surface area (Å²) in [5.41, 5.74) is 4.29. The molecule has 1 aromatic carbocycles. The van der Waals surface area contributed by atoms with Gasteiger partial charge in [0.2, 0.25) is 0 Å². The van der Waals surface area contributed by atoms with Crippen LogP contribution in [-0.2, 0) is 6.54 Å². The summed E-state index contributed by atoms with van der Waals surface area (Å²) in [6.07, 6.45) is 5.27. The first-order chi connectivity index (χ1) is 9.69. The summed E-state index contributed by atoms with van der Waals surface area (Å²) in [6.45, 7) is 11.4. The number of aryl methyl sites for hydroxylation is 2. The largest absolute Gasteiger partial charge is 0.313 e. The molecule has 1 unspecified atom stereocenters. The number of nitrogens with zero attached hydrogens (tertiary/aromatic N) is 1. The van der Waals surface area contributed by atoms with Gasteiger partial charge in [-0.3, -0.25) is 4.90 Å². The first-order valence-corrected chi connectivity index (χ1v) is 8.21. The lowest BCUT2D eigenvalue weighted by atomic mass is 10.0. The fraction of sp³-hybridized carbons (Fsp3) is 0.667. The average Bonchev–Trinajstić information content (AvgIpc) is 2.92. The molecule has 0 bridgehead atoms. The Balaban J connectivity index is 1.97. The highest BCUT2D eigenvalue weighted by molar-refractivity contribution is 5.30. The van der Waals surface area contributed by atoms with Crippen LogP contribution in [0, 0.1) is 13.8 Å². The third-order valence-electron chi connectivity index (χ3n) is 4.36. The summed E-state index contributed by atoms with van der Waals surface area (Å²) < 4.78 is 0. The fourth-order valence-electron chi connectivity index (χ4n) is 3.10. The summed E-state index contributed by atoms with van der Waals surface area (Å²) in [4.78, 5) is 2.64. The minimum absolute atomic E-state index is 0.706. The van der Waals surface area contributed by atoms with Crippen molar-refractivity contribution in [1.82, 2.24) is 10.2 Å². The predicted octanol–water partition coefficient (Wildman–Crippen LogP) is 3.66. The second-order valence-electron chi connectivity index (χ2n) is 6.31. The minimum atomic E-state index is 0.706. The van der Waals surface area contributed by atoms with Crippen LogP contribution in [0.1, 0.15) is 49.3 Å². The first-order valence-electron chi connectivity index (χ1n) is 8.21. The van der Waals surface area contributed by atoms with E-state index in [4.69, 9.17) is 0 Å². The maximum absolute atomic E-state index is 3.63. The normalized spacial score (nSPS) is 18.9. The maximum Gasteiger partial charge on any atom is 0.0237 e. The van der Waals surface area contributed by atoms with Gasteiger partial charge < -0.3 is 5.32 Å². The van der Waals surface area contributed by atoms with Crippen molar-refractivity contribution in [3.63, 3.8) is 0 Å². The van der Waals surface area contributed by atoms with Gasteiger partial charge in [-0.15, -0.1) is 0 Å². The van der Waals surface area contributed by atoms with E-state index in [1.807, 2.05) is 0 Å². The fourth-order valence-corrected chi connectivity index (χ4v) is 3.10. The van der Waals surface area contributed by atoms with Crippen molar-refractivity contribution in [3.05, 3.63) is 34.9 Å². The van der Waals surface area contributed by atoms with E-state index in [2.05, 4.69) is 49.2 Å². The topological polar surface area (TPSA) is 15.3 Å². The van der Waals surface area contributed by atoms with E-state index in [1.165, 1.54) is 62.0 Å². The van der Waals surface area contributed by atoms with Crippen LogP contribution >= 0.6 is 0 Å². The molecule has 1 aliphatic rings. The van der Waals surface area contributed by atoms with Crippen molar-refractivity contribution in [2.45, 2.75) is 59.0 Å². The number of benzene rings is 1. The van der Waals surface area contributed by atoms with Gasteiger partial charge in [0.25, 0.3) is 0 Å². The molecule has 0 radical (unpaired) electrons. The molecule has 1 aromatic rings. The van der Waals surface area contributed by atoms with Gasteiger partial charge in [0, 0.05) is 19.1 Å². The van der Waals surface area contributed by atoms with Gasteiger partial charge in [0.1, 0.15) is 0 Å². The van der Waals surface area contributed by atoms with Crippen molar-refractivity contribution in [1.29, 1.82) is 0 Å². The van der Waals surface area contributed by atoms with Crippen molar-refractivity contribution in [2.75, 3.05) is 19.6 Å². The van der Waals surface area contributed by atoms with Gasteiger partial charge in [0.05, 0.1) is 0 Å². The van der Waals surface area contributed by atoms with E-state index in [0.29, 0.717) is 6.04 Å². The zero-order chi connectivity index (χ0) is 14.4. The third-order valence-corrected chi connectivity index (χ3v) is 4.36. The molecular weight excluding hydrogens is 244 g/mol. The lowest BCUT2D eigenvalue weighted by molar-refractivity contribution is 0.237. The summed E-state index contributed by atoms with van der Waals surface area (Å²) in [6, 6.07) is 7.57. The van der Waals surface area contributed by atoms with Gasteiger partial charge in [-0.05, 0) is 57.3 Å². The van der Waals surface area contributed by atoms with Crippen LogP contribution in [-0.4, -0.2) is 30.6 Å². The van der Waals surface area contributed by atoms with E-state index in [1.54, 1.807) is 0 Å². The summed E-state index contributed by atoms with van der Waals surface area (Å²) in [7, 11) is 0. The number of nitrogens with one attached hydrogen (secondary N) is 1. The molecule has 2 heteroatoms. The molecule has 1 N–H and O–H groups in total. The molecule has 2 rings (SSSR count). The van der Waals surface area contributed by atoms with E-state index in [9.17, 15) is 0 Å². The standard InChI is InChI=1S/C18H30N2/c1-4-5-11-20(14-18-7-6-10-19-18)13-17-9-8-15(2)12-16(17)3/h8-9,12,18-19H,4-7,10-11,13-14H2,1-3H3. The highest BCUT2D eigenvalue weighted by Gasteiger charge is 2.18. The first kappa shape index (κ1) is 15.5. The molecule has 2 nitrogen and oxygen atoms in total. The Morgan fingerprint density at radius 2 is 2.15 bits per heavy atom. The lowest BCUT2D eigenvalue weighted by Gasteiger charge is -2.26. The Kier molecular flexibility index (Phi) is 6.06. The molecule has 0 spiro atoms. The Hall–Kier alpha value is -0.860. The second kappa shape index (κ2) is 7.80. The van der Waals surface area contributed by atoms with Crippen LogP contribution in [0.15, 0.2) is 18.2 Å². The summed E-state index contributed by atoms with van der Waals surface area (Å²) in [5, 5.41) is 3.63. The van der Waals surface area contributed by atoms with Gasteiger partial charge in [0.15, 0.2) is 0 Å². The van der Waals surface area contributed by atoms with Crippen LogP contribution in [0.5, 0.6) is 0 Å². The summed E-state index contributed by atoms with van der Waals surface area (Å²) >= 11 is 0. The van der Waals surface area contributed by atoms with Crippen molar-refractivity contribution in [2.24, 2.45) is 0 Å². The SMILES string of the molecule is CCCCN(Cc1ccc(C)cc1C)CC1CCCN1. The van der Waals surface area contributed by atoms with Crippen LogP contribution < -0.4 is 5.32 Å². The monoisotopic (exact) mass is 274 g/mol. The molecule has 0 saturated carbocycles. The maximum atomic E-state index is 3.63. The molecular formula is C18H30N2. The molecule has 1 saturated heterocycles. The lowest BCUT2D eigenvalue weighted by Crippen LogP contribution is -2.37. The molecule has 20 heavy (non-hydrogen) atoms. The molecule has 112 valence electrons. The quantitative estimate of drug-likeness (QED) is 0.816. The van der Waals surface area contributed by atoms with Crippen LogP contribution in [0.25, 0.3) is 0 Å². The van der Waals surface area contributed by atoms with E-state index in [-0.39, 0.29) is 0 Å². The average molecular weight is 274 g/mol. The van der Waals surface area contributed by atoms with Gasteiger partial charge >= 0.3 is 0 Å². The highest BCUT2D eigenvalue weighted by atomic mass is 15.1. The van der Waals surface area contributed by atoms with E-state index in [0.717, 1.165) is 6.54 Å². The minimum Gasteiger partial charge on any atom is -0.313 e. The van der Waals surface area contributed by atoms with Crippen molar-refractivity contribution in [3.8, 4) is 0 Å². The Morgan fingerprint density at radius 3 is 2.80 bits per heavy atom. The molecule has 1 fully saturated rings. The molecule has 1 atom stereocenters. The number of hydrogen-bond acceptors (Lipinski definition) is 2. The van der Waals surface area contributed by atoms with E-state index < -0.39 is 0 Å². The Labute approximate surface area is 124 Å². The number of rotatable bonds is 7. The Bertz CT molecular complexity index is 408. The zero-order valence-electron chi connectivity index (χ0n) is 13.4. The van der Waals surface area contributed by atoms with Crippen molar-refractivity contribution < 1.29 is 0 Å². The Morgan fingerprint density at radius 1 is 1.30 bits per heavy atom. The van der Waals surface area contributed by atoms with Gasteiger partial charge in [-0.25, -0.2) is 0 Å². The zero-order valence-corrected chi connectivity index (χ0v) is 13.4.